The highest BCUT2D eigenvalue weighted by Crippen LogP contribution is 2.36. The highest BCUT2D eigenvalue weighted by atomic mass is 16.5. The number of esters is 1. The zero-order valence-electron chi connectivity index (χ0n) is 13.7. The number of para-hydroxylation sites is 1. The van der Waals surface area contributed by atoms with Gasteiger partial charge in [-0.3, -0.25) is 9.59 Å². The van der Waals surface area contributed by atoms with Crippen molar-refractivity contribution in [3.63, 3.8) is 0 Å². The third-order valence-corrected chi connectivity index (χ3v) is 4.73. The lowest BCUT2D eigenvalue weighted by atomic mass is 9.85. The third-order valence-electron chi connectivity index (χ3n) is 4.73. The summed E-state index contributed by atoms with van der Waals surface area (Å²) in [5.41, 5.74) is 0.313. The zero-order valence-corrected chi connectivity index (χ0v) is 13.7. The van der Waals surface area contributed by atoms with Gasteiger partial charge in [-0.05, 0) is 31.9 Å². The minimum atomic E-state index is -0.829. The second kappa shape index (κ2) is 6.51. The van der Waals surface area contributed by atoms with Crippen LogP contribution in [0.25, 0.3) is 0 Å². The summed E-state index contributed by atoms with van der Waals surface area (Å²) >= 11 is 0. The Morgan fingerprint density at radius 2 is 1.88 bits per heavy atom. The molecule has 2 amide bonds. The largest absolute Gasteiger partial charge is 0.459 e. The fraction of sp³-hybridized carbons (Fsp3) is 0.471. The molecule has 2 aliphatic rings. The molecule has 0 radical (unpaired) electrons. The van der Waals surface area contributed by atoms with Gasteiger partial charge in [0.25, 0.3) is 0 Å². The summed E-state index contributed by atoms with van der Waals surface area (Å²) in [4.78, 5) is 39.7. The second-order valence-corrected chi connectivity index (χ2v) is 5.97. The van der Waals surface area contributed by atoms with Crippen LogP contribution < -0.4 is 10.2 Å². The van der Waals surface area contributed by atoms with Crippen molar-refractivity contribution in [2.75, 3.05) is 31.3 Å². The zero-order chi connectivity index (χ0) is 17.2. The Labute approximate surface area is 140 Å². The van der Waals surface area contributed by atoms with E-state index in [0.717, 1.165) is 5.69 Å². The standard InChI is InChI=1S/C17H21N3O4/c1-2-24-15(22)14(21)19-10-8-17(9-11-19)16(23)18-12-20(17)13-6-4-3-5-7-13/h3-7H,2,8-12H2,1H3,(H,18,23). The lowest BCUT2D eigenvalue weighted by Crippen LogP contribution is -2.58. The van der Waals surface area contributed by atoms with E-state index in [9.17, 15) is 14.4 Å². The SMILES string of the molecule is CCOC(=O)C(=O)N1CCC2(CC1)C(=O)NCN2c1ccccc1. The van der Waals surface area contributed by atoms with E-state index in [1.807, 2.05) is 30.3 Å². The van der Waals surface area contributed by atoms with Crippen LogP contribution in [0.3, 0.4) is 0 Å². The number of hydrogen-bond acceptors (Lipinski definition) is 5. The Morgan fingerprint density at radius 1 is 1.21 bits per heavy atom. The quantitative estimate of drug-likeness (QED) is 0.631. The number of hydrogen-bond donors (Lipinski definition) is 1. The number of piperidine rings is 1. The number of carbonyl (C=O) groups excluding carboxylic acids is 3. The van der Waals surface area contributed by atoms with Crippen LogP contribution in [0, 0.1) is 0 Å². The fourth-order valence-corrected chi connectivity index (χ4v) is 3.43. The van der Waals surface area contributed by atoms with Gasteiger partial charge >= 0.3 is 11.9 Å². The predicted molar refractivity (Wildman–Crippen MR) is 87.1 cm³/mol. The van der Waals surface area contributed by atoms with Gasteiger partial charge in [-0.1, -0.05) is 18.2 Å². The normalized spacial score (nSPS) is 19.3. The highest BCUT2D eigenvalue weighted by molar-refractivity contribution is 6.32. The number of benzene rings is 1. The topological polar surface area (TPSA) is 79.0 Å². The van der Waals surface area contributed by atoms with Crippen molar-refractivity contribution in [2.45, 2.75) is 25.3 Å². The van der Waals surface area contributed by atoms with E-state index in [1.54, 1.807) is 6.92 Å². The van der Waals surface area contributed by atoms with Gasteiger partial charge in [0, 0.05) is 18.8 Å². The van der Waals surface area contributed by atoms with E-state index < -0.39 is 17.4 Å². The van der Waals surface area contributed by atoms with Crippen LogP contribution in [0.2, 0.25) is 0 Å². The molecule has 128 valence electrons. The molecule has 1 aromatic rings. The Morgan fingerprint density at radius 3 is 2.50 bits per heavy atom. The lowest BCUT2D eigenvalue weighted by molar-refractivity contribution is -0.160. The summed E-state index contributed by atoms with van der Waals surface area (Å²) in [6.07, 6.45) is 0.970. The van der Waals surface area contributed by atoms with E-state index in [4.69, 9.17) is 4.74 Å². The molecule has 1 N–H and O–H groups in total. The van der Waals surface area contributed by atoms with Crippen LogP contribution >= 0.6 is 0 Å². The summed E-state index contributed by atoms with van der Waals surface area (Å²) in [5.74, 6) is -1.48. The van der Waals surface area contributed by atoms with Crippen LogP contribution in [0.4, 0.5) is 5.69 Å². The molecule has 2 saturated heterocycles. The lowest BCUT2D eigenvalue weighted by Gasteiger charge is -2.43. The van der Waals surface area contributed by atoms with Crippen molar-refractivity contribution in [3.05, 3.63) is 30.3 Å². The minimum Gasteiger partial charge on any atom is -0.459 e. The van der Waals surface area contributed by atoms with E-state index in [0.29, 0.717) is 32.6 Å². The van der Waals surface area contributed by atoms with Crippen LogP contribution in [0.5, 0.6) is 0 Å². The molecule has 3 rings (SSSR count). The van der Waals surface area contributed by atoms with E-state index >= 15 is 0 Å². The van der Waals surface area contributed by atoms with Crippen molar-refractivity contribution in [3.8, 4) is 0 Å². The van der Waals surface area contributed by atoms with Crippen molar-refractivity contribution in [2.24, 2.45) is 0 Å². The molecule has 0 atom stereocenters. The number of amides is 2. The van der Waals surface area contributed by atoms with Gasteiger partial charge in [-0.15, -0.1) is 0 Å². The first kappa shape index (κ1) is 16.3. The average molecular weight is 331 g/mol. The maximum atomic E-state index is 12.5. The summed E-state index contributed by atoms with van der Waals surface area (Å²) < 4.78 is 4.77. The van der Waals surface area contributed by atoms with Crippen LogP contribution in [0.15, 0.2) is 30.3 Å². The van der Waals surface area contributed by atoms with Gasteiger partial charge in [0.05, 0.1) is 13.3 Å². The fourth-order valence-electron chi connectivity index (χ4n) is 3.43. The van der Waals surface area contributed by atoms with Crippen LogP contribution in [0.1, 0.15) is 19.8 Å². The van der Waals surface area contributed by atoms with Crippen molar-refractivity contribution in [1.29, 1.82) is 0 Å². The molecule has 7 heteroatoms. The molecule has 7 nitrogen and oxygen atoms in total. The van der Waals surface area contributed by atoms with Gasteiger partial charge in [0.15, 0.2) is 0 Å². The monoisotopic (exact) mass is 331 g/mol. The number of likely N-dealkylation sites (tertiary alicyclic amines) is 1. The molecule has 1 aromatic carbocycles. The summed E-state index contributed by atoms with van der Waals surface area (Å²) in [5, 5.41) is 2.91. The molecule has 1 spiro atoms. The molecule has 2 heterocycles. The van der Waals surface area contributed by atoms with E-state index in [-0.39, 0.29) is 12.5 Å². The first-order chi connectivity index (χ1) is 11.6. The predicted octanol–water partition coefficient (Wildman–Crippen LogP) is 0.505. The first-order valence-corrected chi connectivity index (χ1v) is 8.15. The molecule has 2 aliphatic heterocycles. The van der Waals surface area contributed by atoms with Crippen LogP contribution in [-0.4, -0.2) is 54.6 Å². The number of rotatable bonds is 2. The van der Waals surface area contributed by atoms with E-state index in [1.165, 1.54) is 4.90 Å². The Balaban J connectivity index is 1.74. The van der Waals surface area contributed by atoms with Gasteiger partial charge in [-0.2, -0.15) is 0 Å². The summed E-state index contributed by atoms with van der Waals surface area (Å²) in [6, 6.07) is 9.74. The Hall–Kier alpha value is -2.57. The van der Waals surface area contributed by atoms with Gasteiger partial charge in [0.2, 0.25) is 5.91 Å². The summed E-state index contributed by atoms with van der Waals surface area (Å²) in [6.45, 7) is 3.00. The molecular formula is C17H21N3O4. The smallest absolute Gasteiger partial charge is 0.397 e. The highest BCUT2D eigenvalue weighted by Gasteiger charge is 2.51. The summed E-state index contributed by atoms with van der Waals surface area (Å²) in [7, 11) is 0. The first-order valence-electron chi connectivity index (χ1n) is 8.15. The number of anilines is 1. The average Bonchev–Trinajstić information content (AvgIpc) is 2.92. The van der Waals surface area contributed by atoms with E-state index in [2.05, 4.69) is 10.2 Å². The number of ether oxygens (including phenoxy) is 1. The number of carbonyl (C=O) groups is 3. The third kappa shape index (κ3) is 2.70. The minimum absolute atomic E-state index is 0.0189. The molecule has 0 aliphatic carbocycles. The van der Waals surface area contributed by atoms with Crippen LogP contribution in [-0.2, 0) is 19.1 Å². The number of nitrogens with zero attached hydrogens (tertiary/aromatic N) is 2. The maximum Gasteiger partial charge on any atom is 0.397 e. The molecular weight excluding hydrogens is 310 g/mol. The molecule has 0 unspecified atom stereocenters. The van der Waals surface area contributed by atoms with Crippen molar-refractivity contribution >= 4 is 23.5 Å². The van der Waals surface area contributed by atoms with Gasteiger partial charge in [-0.25, -0.2) is 4.79 Å². The maximum absolute atomic E-state index is 12.5. The molecule has 2 fully saturated rings. The molecule has 24 heavy (non-hydrogen) atoms. The second-order valence-electron chi connectivity index (χ2n) is 5.97. The molecule has 0 aromatic heterocycles. The Kier molecular flexibility index (Phi) is 4.42. The Bertz CT molecular complexity index is 638. The van der Waals surface area contributed by atoms with Crippen molar-refractivity contribution < 1.29 is 19.1 Å². The molecule has 0 bridgehead atoms. The van der Waals surface area contributed by atoms with Gasteiger partial charge in [0.1, 0.15) is 5.54 Å². The number of nitrogens with one attached hydrogen (secondary N) is 1. The van der Waals surface area contributed by atoms with Gasteiger partial charge < -0.3 is 19.9 Å². The van der Waals surface area contributed by atoms with Crippen molar-refractivity contribution in [1.82, 2.24) is 10.2 Å². The molecule has 0 saturated carbocycles.